The van der Waals surface area contributed by atoms with Gasteiger partial charge in [-0.2, -0.15) is 0 Å². The van der Waals surface area contributed by atoms with E-state index in [1.54, 1.807) is 0 Å². The molecule has 0 aliphatic carbocycles. The summed E-state index contributed by atoms with van der Waals surface area (Å²) in [7, 11) is 0. The maximum atomic E-state index is 12.4. The second-order valence-electron chi connectivity index (χ2n) is 5.90. The number of hydrogen-bond acceptors (Lipinski definition) is 3. The summed E-state index contributed by atoms with van der Waals surface area (Å²) >= 11 is 3.43. The van der Waals surface area contributed by atoms with Crippen molar-refractivity contribution >= 4 is 27.5 Å². The van der Waals surface area contributed by atoms with Gasteiger partial charge in [0, 0.05) is 36.3 Å². The Kier molecular flexibility index (Phi) is 5.41. The Morgan fingerprint density at radius 1 is 1.08 bits per heavy atom. The number of para-hydroxylation sites is 1. The lowest BCUT2D eigenvalue weighted by Gasteiger charge is -2.36. The van der Waals surface area contributed by atoms with Crippen LogP contribution in [-0.4, -0.2) is 43.6 Å². The van der Waals surface area contributed by atoms with Crippen LogP contribution < -0.4 is 9.64 Å². The number of carbonyl (C=O) groups is 1. The van der Waals surface area contributed by atoms with E-state index < -0.39 is 0 Å². The van der Waals surface area contributed by atoms with Gasteiger partial charge in [-0.15, -0.1) is 0 Å². The van der Waals surface area contributed by atoms with Gasteiger partial charge in [0.05, 0.1) is 0 Å². The Balaban J connectivity index is 1.50. The third-order valence-corrected chi connectivity index (χ3v) is 4.74. The fourth-order valence-electron chi connectivity index (χ4n) is 2.86. The minimum atomic E-state index is 0.0463. The molecule has 0 saturated carbocycles. The maximum absolute atomic E-state index is 12.4. The normalized spacial score (nSPS) is 14.6. The minimum absolute atomic E-state index is 0.0463. The Labute approximate surface area is 151 Å². The number of carbonyl (C=O) groups excluding carboxylic acids is 1. The van der Waals surface area contributed by atoms with Crippen molar-refractivity contribution in [2.75, 3.05) is 37.7 Å². The molecule has 1 aliphatic rings. The summed E-state index contributed by atoms with van der Waals surface area (Å²) in [6.07, 6.45) is 0. The number of ether oxygens (including phenoxy) is 1. The third kappa shape index (κ3) is 4.09. The molecule has 0 unspecified atom stereocenters. The molecule has 126 valence electrons. The highest BCUT2D eigenvalue weighted by Gasteiger charge is 2.21. The van der Waals surface area contributed by atoms with E-state index in [-0.39, 0.29) is 12.5 Å². The summed E-state index contributed by atoms with van der Waals surface area (Å²) in [4.78, 5) is 16.6. The SMILES string of the molecule is Cc1cc(Br)ccc1OCC(=O)N1CCN(c2ccccc2)CC1. The highest BCUT2D eigenvalue weighted by atomic mass is 79.9. The van der Waals surface area contributed by atoms with E-state index in [9.17, 15) is 4.79 Å². The van der Waals surface area contributed by atoms with Crippen LogP contribution in [0.3, 0.4) is 0 Å². The number of amides is 1. The highest BCUT2D eigenvalue weighted by Crippen LogP contribution is 2.22. The average molecular weight is 389 g/mol. The molecule has 0 aromatic heterocycles. The molecule has 1 aliphatic heterocycles. The van der Waals surface area contributed by atoms with Crippen LogP contribution >= 0.6 is 15.9 Å². The van der Waals surface area contributed by atoms with Crippen LogP contribution in [0.2, 0.25) is 0 Å². The van der Waals surface area contributed by atoms with Crippen LogP contribution in [0.4, 0.5) is 5.69 Å². The van der Waals surface area contributed by atoms with Crippen LogP contribution in [0, 0.1) is 6.92 Å². The topological polar surface area (TPSA) is 32.8 Å². The van der Waals surface area contributed by atoms with Crippen molar-refractivity contribution < 1.29 is 9.53 Å². The largest absolute Gasteiger partial charge is 0.483 e. The number of anilines is 1. The van der Waals surface area contributed by atoms with E-state index in [1.807, 2.05) is 48.2 Å². The van der Waals surface area contributed by atoms with Crippen molar-refractivity contribution in [2.24, 2.45) is 0 Å². The smallest absolute Gasteiger partial charge is 0.260 e. The number of aryl methyl sites for hydroxylation is 1. The molecule has 24 heavy (non-hydrogen) atoms. The monoisotopic (exact) mass is 388 g/mol. The van der Waals surface area contributed by atoms with Gasteiger partial charge in [-0.05, 0) is 42.8 Å². The standard InChI is InChI=1S/C19H21BrN2O2/c1-15-13-16(20)7-8-18(15)24-14-19(23)22-11-9-21(10-12-22)17-5-3-2-4-6-17/h2-8,13H,9-12,14H2,1H3. The lowest BCUT2D eigenvalue weighted by atomic mass is 10.2. The second-order valence-corrected chi connectivity index (χ2v) is 6.82. The van der Waals surface area contributed by atoms with Crippen molar-refractivity contribution in [3.63, 3.8) is 0 Å². The molecule has 1 amide bonds. The molecule has 1 saturated heterocycles. The van der Waals surface area contributed by atoms with E-state index in [0.29, 0.717) is 0 Å². The van der Waals surface area contributed by atoms with Crippen LogP contribution in [-0.2, 0) is 4.79 Å². The van der Waals surface area contributed by atoms with Gasteiger partial charge in [-0.3, -0.25) is 4.79 Å². The van der Waals surface area contributed by atoms with Gasteiger partial charge < -0.3 is 14.5 Å². The molecule has 0 bridgehead atoms. The summed E-state index contributed by atoms with van der Waals surface area (Å²) in [5, 5.41) is 0. The first-order valence-corrected chi connectivity index (χ1v) is 8.89. The van der Waals surface area contributed by atoms with Crippen molar-refractivity contribution in [2.45, 2.75) is 6.92 Å². The molecular weight excluding hydrogens is 368 g/mol. The Morgan fingerprint density at radius 2 is 1.79 bits per heavy atom. The van der Waals surface area contributed by atoms with Gasteiger partial charge in [-0.25, -0.2) is 0 Å². The number of halogens is 1. The van der Waals surface area contributed by atoms with E-state index in [2.05, 4.69) is 33.0 Å². The summed E-state index contributed by atoms with van der Waals surface area (Å²) < 4.78 is 6.70. The first kappa shape index (κ1) is 16.8. The maximum Gasteiger partial charge on any atom is 0.260 e. The Morgan fingerprint density at radius 3 is 2.46 bits per heavy atom. The molecule has 4 nitrogen and oxygen atoms in total. The van der Waals surface area contributed by atoms with E-state index >= 15 is 0 Å². The molecule has 0 N–H and O–H groups in total. The minimum Gasteiger partial charge on any atom is -0.483 e. The zero-order valence-electron chi connectivity index (χ0n) is 13.7. The van der Waals surface area contributed by atoms with Gasteiger partial charge in [0.15, 0.2) is 6.61 Å². The molecule has 1 fully saturated rings. The van der Waals surface area contributed by atoms with Crippen LogP contribution in [0.25, 0.3) is 0 Å². The second kappa shape index (κ2) is 7.71. The van der Waals surface area contributed by atoms with E-state index in [0.717, 1.165) is 42.0 Å². The third-order valence-electron chi connectivity index (χ3n) is 4.24. The van der Waals surface area contributed by atoms with Crippen molar-refractivity contribution in [3.8, 4) is 5.75 Å². The molecule has 1 heterocycles. The van der Waals surface area contributed by atoms with Crippen LogP contribution in [0.5, 0.6) is 5.75 Å². The molecule has 3 rings (SSSR count). The molecule has 0 atom stereocenters. The molecule has 2 aromatic carbocycles. The Bertz CT molecular complexity index is 698. The highest BCUT2D eigenvalue weighted by molar-refractivity contribution is 9.10. The first-order chi connectivity index (χ1) is 11.6. The van der Waals surface area contributed by atoms with Crippen LogP contribution in [0.15, 0.2) is 53.0 Å². The predicted molar refractivity (Wildman–Crippen MR) is 99.6 cm³/mol. The first-order valence-electron chi connectivity index (χ1n) is 8.10. The summed E-state index contributed by atoms with van der Waals surface area (Å²) in [5.41, 5.74) is 2.23. The summed E-state index contributed by atoms with van der Waals surface area (Å²) in [6.45, 7) is 5.24. The number of nitrogens with zero attached hydrogens (tertiary/aromatic N) is 2. The summed E-state index contributed by atoms with van der Waals surface area (Å²) in [5.74, 6) is 0.805. The molecule has 0 spiro atoms. The fraction of sp³-hybridized carbons (Fsp3) is 0.316. The van der Waals surface area contributed by atoms with Crippen molar-refractivity contribution in [3.05, 3.63) is 58.6 Å². The zero-order chi connectivity index (χ0) is 16.9. The van der Waals surface area contributed by atoms with Gasteiger partial charge in [-0.1, -0.05) is 34.1 Å². The van der Waals surface area contributed by atoms with Gasteiger partial charge in [0.1, 0.15) is 5.75 Å². The van der Waals surface area contributed by atoms with Gasteiger partial charge in [0.2, 0.25) is 0 Å². The van der Waals surface area contributed by atoms with E-state index in [4.69, 9.17) is 4.74 Å². The average Bonchev–Trinajstić information content (AvgIpc) is 2.62. The fourth-order valence-corrected chi connectivity index (χ4v) is 3.33. The Hall–Kier alpha value is -2.01. The van der Waals surface area contributed by atoms with Crippen molar-refractivity contribution in [1.29, 1.82) is 0 Å². The lowest BCUT2D eigenvalue weighted by molar-refractivity contribution is -0.133. The van der Waals surface area contributed by atoms with Gasteiger partial charge >= 0.3 is 0 Å². The molecular formula is C19H21BrN2O2. The number of piperazine rings is 1. The molecule has 0 radical (unpaired) electrons. The van der Waals surface area contributed by atoms with Gasteiger partial charge in [0.25, 0.3) is 5.91 Å². The molecule has 5 heteroatoms. The van der Waals surface area contributed by atoms with E-state index in [1.165, 1.54) is 5.69 Å². The predicted octanol–water partition coefficient (Wildman–Crippen LogP) is 3.49. The number of hydrogen-bond donors (Lipinski definition) is 0. The number of rotatable bonds is 4. The van der Waals surface area contributed by atoms with Crippen LogP contribution in [0.1, 0.15) is 5.56 Å². The molecule has 2 aromatic rings. The number of benzene rings is 2. The quantitative estimate of drug-likeness (QED) is 0.803. The van der Waals surface area contributed by atoms with Crippen molar-refractivity contribution in [1.82, 2.24) is 4.90 Å². The summed E-state index contributed by atoms with van der Waals surface area (Å²) in [6, 6.07) is 16.1. The lowest BCUT2D eigenvalue weighted by Crippen LogP contribution is -2.50. The zero-order valence-corrected chi connectivity index (χ0v) is 15.3.